The molecule has 0 heterocycles. The molecule has 1 heteroatoms. The van der Waals surface area contributed by atoms with E-state index in [0.29, 0.717) is 11.8 Å². The standard InChI is InChI=1S/C35H33F/c1-3-5-7-9-28-12-14-29(15-13-28)18-19-31-21-25-34-33(26-31)24-23-32(35(34)36)22-20-30-16-10-27(11-17-30)8-6-4-2/h3-5,10-17,21,23-26H,2,6-9,20,22H2,1H3/b5-3+. The summed E-state index contributed by atoms with van der Waals surface area (Å²) < 4.78 is 15.3. The first kappa shape index (κ1) is 25.2. The Balaban J connectivity index is 1.42. The first-order valence-corrected chi connectivity index (χ1v) is 12.8. The average molecular weight is 473 g/mol. The number of rotatable bonds is 9. The molecule has 0 aliphatic heterocycles. The van der Waals surface area contributed by atoms with E-state index in [2.05, 4.69) is 79.1 Å². The zero-order chi connectivity index (χ0) is 25.2. The molecule has 0 atom stereocenters. The summed E-state index contributed by atoms with van der Waals surface area (Å²) in [5.74, 6) is 6.35. The highest BCUT2D eigenvalue weighted by Gasteiger charge is 2.08. The van der Waals surface area contributed by atoms with Crippen LogP contribution < -0.4 is 0 Å². The highest BCUT2D eigenvalue weighted by molar-refractivity contribution is 5.85. The van der Waals surface area contributed by atoms with Gasteiger partial charge in [0.15, 0.2) is 0 Å². The molecular formula is C35H33F. The van der Waals surface area contributed by atoms with Gasteiger partial charge in [0, 0.05) is 16.5 Å². The van der Waals surface area contributed by atoms with Crippen molar-refractivity contribution in [1.29, 1.82) is 0 Å². The zero-order valence-electron chi connectivity index (χ0n) is 21.1. The van der Waals surface area contributed by atoms with Gasteiger partial charge in [0.2, 0.25) is 0 Å². The van der Waals surface area contributed by atoms with Gasteiger partial charge in [-0.3, -0.25) is 0 Å². The molecule has 0 N–H and O–H groups in total. The van der Waals surface area contributed by atoms with Crippen molar-refractivity contribution in [1.82, 2.24) is 0 Å². The molecule has 0 saturated carbocycles. The van der Waals surface area contributed by atoms with Crippen LogP contribution in [0, 0.1) is 17.7 Å². The molecule has 0 fully saturated rings. The largest absolute Gasteiger partial charge is 0.206 e. The SMILES string of the molecule is C=CCCc1ccc(CCc2ccc3cc(C#Cc4ccc(CC/C=C/C)cc4)ccc3c2F)cc1. The fourth-order valence-electron chi connectivity index (χ4n) is 4.34. The highest BCUT2D eigenvalue weighted by atomic mass is 19.1. The molecule has 0 unspecified atom stereocenters. The van der Waals surface area contributed by atoms with E-state index in [9.17, 15) is 0 Å². The van der Waals surface area contributed by atoms with Crippen molar-refractivity contribution >= 4 is 10.8 Å². The predicted molar refractivity (Wildman–Crippen MR) is 152 cm³/mol. The van der Waals surface area contributed by atoms with Crippen LogP contribution in [0.2, 0.25) is 0 Å². The Labute approximate surface area is 215 Å². The van der Waals surface area contributed by atoms with Crippen LogP contribution in [0.15, 0.2) is 104 Å². The fourth-order valence-corrected chi connectivity index (χ4v) is 4.34. The van der Waals surface area contributed by atoms with E-state index in [1.165, 1.54) is 16.7 Å². The number of allylic oxidation sites excluding steroid dienone is 3. The quantitative estimate of drug-likeness (QED) is 0.169. The minimum Gasteiger partial charge on any atom is -0.206 e. The van der Waals surface area contributed by atoms with E-state index in [1.807, 2.05) is 43.3 Å². The fraction of sp³-hybridized carbons (Fsp3) is 0.200. The van der Waals surface area contributed by atoms with Gasteiger partial charge >= 0.3 is 0 Å². The Bertz CT molecular complexity index is 1390. The molecule has 4 aromatic carbocycles. The number of aryl methyl sites for hydroxylation is 4. The molecule has 0 bridgehead atoms. The maximum Gasteiger partial charge on any atom is 0.134 e. The highest BCUT2D eigenvalue weighted by Crippen LogP contribution is 2.24. The number of halogens is 1. The normalized spacial score (nSPS) is 10.9. The van der Waals surface area contributed by atoms with E-state index in [1.54, 1.807) is 0 Å². The van der Waals surface area contributed by atoms with E-state index in [0.717, 1.165) is 54.2 Å². The second-order valence-corrected chi connectivity index (χ2v) is 9.17. The maximum atomic E-state index is 15.3. The van der Waals surface area contributed by atoms with Crippen LogP contribution in [0.5, 0.6) is 0 Å². The summed E-state index contributed by atoms with van der Waals surface area (Å²) in [6.07, 6.45) is 11.8. The van der Waals surface area contributed by atoms with Crippen molar-refractivity contribution in [2.45, 2.75) is 45.4 Å². The van der Waals surface area contributed by atoms with Crippen LogP contribution in [0.4, 0.5) is 4.39 Å². The third kappa shape index (κ3) is 6.83. The van der Waals surface area contributed by atoms with Gasteiger partial charge in [-0.1, -0.05) is 84.7 Å². The summed E-state index contributed by atoms with van der Waals surface area (Å²) in [6.45, 7) is 5.83. The molecule has 0 aliphatic rings. The topological polar surface area (TPSA) is 0 Å². The molecule has 36 heavy (non-hydrogen) atoms. The third-order valence-electron chi connectivity index (χ3n) is 6.52. The van der Waals surface area contributed by atoms with E-state index in [4.69, 9.17) is 0 Å². The van der Waals surface area contributed by atoms with Gasteiger partial charge in [-0.15, -0.1) is 6.58 Å². The summed E-state index contributed by atoms with van der Waals surface area (Å²) in [5, 5.41) is 1.54. The summed E-state index contributed by atoms with van der Waals surface area (Å²) in [5.41, 5.74) is 6.49. The Morgan fingerprint density at radius 2 is 1.31 bits per heavy atom. The lowest BCUT2D eigenvalue weighted by molar-refractivity contribution is 0.620. The van der Waals surface area contributed by atoms with Gasteiger partial charge in [-0.2, -0.15) is 0 Å². The monoisotopic (exact) mass is 472 g/mol. The second-order valence-electron chi connectivity index (χ2n) is 9.17. The number of hydrogen-bond acceptors (Lipinski definition) is 0. The molecule has 0 radical (unpaired) electrons. The molecule has 0 amide bonds. The van der Waals surface area contributed by atoms with E-state index in [-0.39, 0.29) is 5.82 Å². The third-order valence-corrected chi connectivity index (χ3v) is 6.52. The van der Waals surface area contributed by atoms with Gasteiger partial charge in [-0.05, 0) is 97.4 Å². The number of fused-ring (bicyclic) bond motifs is 1. The minimum atomic E-state index is -0.122. The van der Waals surface area contributed by atoms with Crippen molar-refractivity contribution < 1.29 is 4.39 Å². The van der Waals surface area contributed by atoms with Crippen molar-refractivity contribution in [3.8, 4) is 11.8 Å². The first-order chi connectivity index (χ1) is 17.7. The lowest BCUT2D eigenvalue weighted by Gasteiger charge is -2.08. The summed E-state index contributed by atoms with van der Waals surface area (Å²) in [4.78, 5) is 0. The lowest BCUT2D eigenvalue weighted by atomic mass is 9.98. The van der Waals surface area contributed by atoms with Gasteiger partial charge in [0.25, 0.3) is 0 Å². The molecule has 4 aromatic rings. The van der Waals surface area contributed by atoms with E-state index >= 15 is 4.39 Å². The minimum absolute atomic E-state index is 0.122. The van der Waals surface area contributed by atoms with E-state index < -0.39 is 0 Å². The predicted octanol–water partition coefficient (Wildman–Crippen LogP) is 8.79. The number of benzene rings is 4. The maximum absolute atomic E-state index is 15.3. The van der Waals surface area contributed by atoms with Crippen LogP contribution in [0.1, 0.15) is 53.1 Å². The molecule has 0 spiro atoms. The summed E-state index contributed by atoms with van der Waals surface area (Å²) >= 11 is 0. The van der Waals surface area contributed by atoms with Gasteiger partial charge < -0.3 is 0 Å². The summed E-state index contributed by atoms with van der Waals surface area (Å²) in [6, 6.07) is 26.7. The van der Waals surface area contributed by atoms with Crippen LogP contribution in [-0.2, 0) is 25.7 Å². The van der Waals surface area contributed by atoms with Crippen LogP contribution >= 0.6 is 0 Å². The first-order valence-electron chi connectivity index (χ1n) is 12.8. The molecule has 0 aliphatic carbocycles. The molecule has 0 nitrogen and oxygen atoms in total. The van der Waals surface area contributed by atoms with Crippen molar-refractivity contribution in [3.05, 3.63) is 143 Å². The smallest absolute Gasteiger partial charge is 0.134 e. The molecule has 180 valence electrons. The Morgan fingerprint density at radius 1 is 0.694 bits per heavy atom. The molecular weight excluding hydrogens is 439 g/mol. The average Bonchev–Trinajstić information content (AvgIpc) is 2.92. The Kier molecular flexibility index (Phi) is 8.90. The zero-order valence-corrected chi connectivity index (χ0v) is 21.1. The second kappa shape index (κ2) is 12.7. The molecule has 4 rings (SSSR count). The molecule has 0 aromatic heterocycles. The van der Waals surface area contributed by atoms with Gasteiger partial charge in [-0.25, -0.2) is 4.39 Å². The lowest BCUT2D eigenvalue weighted by Crippen LogP contribution is -1.96. The summed E-state index contributed by atoms with van der Waals surface area (Å²) in [7, 11) is 0. The van der Waals surface area contributed by atoms with Crippen molar-refractivity contribution in [2.24, 2.45) is 0 Å². The van der Waals surface area contributed by atoms with Crippen molar-refractivity contribution in [3.63, 3.8) is 0 Å². The Hall–Kier alpha value is -3.89. The molecule has 0 saturated heterocycles. The van der Waals surface area contributed by atoms with Crippen LogP contribution in [0.3, 0.4) is 0 Å². The van der Waals surface area contributed by atoms with Crippen LogP contribution in [0.25, 0.3) is 10.8 Å². The number of hydrogen-bond donors (Lipinski definition) is 0. The van der Waals surface area contributed by atoms with Crippen LogP contribution in [-0.4, -0.2) is 0 Å². The van der Waals surface area contributed by atoms with Gasteiger partial charge in [0.05, 0.1) is 0 Å². The van der Waals surface area contributed by atoms with Crippen molar-refractivity contribution in [2.75, 3.05) is 0 Å². The van der Waals surface area contributed by atoms with Gasteiger partial charge in [0.1, 0.15) is 5.82 Å². The Morgan fingerprint density at radius 3 is 2.00 bits per heavy atom.